The standard InChI is InChI=1S/C10H10BrN5O/c1-16-10(13-14-15-16)5-9(17)7-3-2-6(11)4-8(7)12/h2-4H,5,12H2,1H3. The minimum Gasteiger partial charge on any atom is -0.398 e. The third kappa shape index (κ3) is 2.50. The number of hydrogen-bond donors (Lipinski definition) is 1. The average molecular weight is 296 g/mol. The van der Waals surface area contributed by atoms with Crippen molar-refractivity contribution in [1.82, 2.24) is 20.2 Å². The second-order valence-electron chi connectivity index (χ2n) is 3.55. The van der Waals surface area contributed by atoms with Crippen LogP contribution in [-0.2, 0) is 13.5 Å². The molecule has 0 spiro atoms. The lowest BCUT2D eigenvalue weighted by Crippen LogP contribution is -2.11. The second kappa shape index (κ2) is 4.62. The van der Waals surface area contributed by atoms with Gasteiger partial charge in [0.15, 0.2) is 11.6 Å². The van der Waals surface area contributed by atoms with Gasteiger partial charge >= 0.3 is 0 Å². The van der Waals surface area contributed by atoms with Crippen LogP contribution < -0.4 is 5.73 Å². The minimum absolute atomic E-state index is 0.104. The molecule has 1 heterocycles. The van der Waals surface area contributed by atoms with Gasteiger partial charge in [-0.15, -0.1) is 5.10 Å². The molecule has 0 fully saturated rings. The van der Waals surface area contributed by atoms with Crippen molar-refractivity contribution in [2.75, 3.05) is 5.73 Å². The normalized spacial score (nSPS) is 10.5. The number of rotatable bonds is 3. The molecule has 6 nitrogen and oxygen atoms in total. The van der Waals surface area contributed by atoms with Crippen LogP contribution >= 0.6 is 15.9 Å². The number of carbonyl (C=O) groups is 1. The topological polar surface area (TPSA) is 86.7 Å². The van der Waals surface area contributed by atoms with Gasteiger partial charge in [-0.1, -0.05) is 15.9 Å². The first-order valence-electron chi connectivity index (χ1n) is 4.87. The summed E-state index contributed by atoms with van der Waals surface area (Å²) in [5.74, 6) is 0.408. The fraction of sp³-hybridized carbons (Fsp3) is 0.200. The fourth-order valence-corrected chi connectivity index (χ4v) is 1.80. The van der Waals surface area contributed by atoms with Crippen LogP contribution in [-0.4, -0.2) is 26.0 Å². The van der Waals surface area contributed by atoms with E-state index < -0.39 is 0 Å². The first-order chi connectivity index (χ1) is 8.08. The van der Waals surface area contributed by atoms with Crippen molar-refractivity contribution in [2.24, 2.45) is 7.05 Å². The van der Waals surface area contributed by atoms with Gasteiger partial charge in [0, 0.05) is 22.8 Å². The van der Waals surface area contributed by atoms with E-state index in [9.17, 15) is 4.79 Å². The van der Waals surface area contributed by atoms with Crippen molar-refractivity contribution in [3.8, 4) is 0 Å². The van der Waals surface area contributed by atoms with Gasteiger partial charge in [-0.25, -0.2) is 4.68 Å². The molecule has 0 amide bonds. The number of tetrazole rings is 1. The average Bonchev–Trinajstić information content (AvgIpc) is 2.64. The highest BCUT2D eigenvalue weighted by atomic mass is 79.9. The van der Waals surface area contributed by atoms with Gasteiger partial charge in [0.1, 0.15) is 0 Å². The molecule has 17 heavy (non-hydrogen) atoms. The Labute approximate surface area is 106 Å². The molecule has 0 atom stereocenters. The number of nitrogen functional groups attached to an aromatic ring is 1. The predicted octanol–water partition coefficient (Wildman–Crippen LogP) is 0.980. The van der Waals surface area contributed by atoms with E-state index in [1.807, 2.05) is 0 Å². The van der Waals surface area contributed by atoms with E-state index in [0.717, 1.165) is 4.47 Å². The fourth-order valence-electron chi connectivity index (χ4n) is 1.42. The van der Waals surface area contributed by atoms with Crippen LogP contribution in [0, 0.1) is 0 Å². The maximum atomic E-state index is 12.0. The van der Waals surface area contributed by atoms with Gasteiger partial charge in [0.25, 0.3) is 0 Å². The maximum Gasteiger partial charge on any atom is 0.172 e. The van der Waals surface area contributed by atoms with Gasteiger partial charge in [0.2, 0.25) is 0 Å². The van der Waals surface area contributed by atoms with Gasteiger partial charge in [-0.2, -0.15) is 0 Å². The number of ketones is 1. The summed E-state index contributed by atoms with van der Waals surface area (Å²) in [6.45, 7) is 0. The summed E-state index contributed by atoms with van der Waals surface area (Å²) < 4.78 is 2.30. The SMILES string of the molecule is Cn1nnnc1CC(=O)c1ccc(Br)cc1N. The molecular formula is C10H10BrN5O. The zero-order chi connectivity index (χ0) is 12.4. The van der Waals surface area contributed by atoms with Crippen molar-refractivity contribution in [1.29, 1.82) is 0 Å². The number of halogens is 1. The van der Waals surface area contributed by atoms with Gasteiger partial charge in [-0.3, -0.25) is 4.79 Å². The van der Waals surface area contributed by atoms with E-state index in [0.29, 0.717) is 17.1 Å². The number of hydrogen-bond acceptors (Lipinski definition) is 5. The van der Waals surface area contributed by atoms with E-state index in [2.05, 4.69) is 31.5 Å². The monoisotopic (exact) mass is 295 g/mol. The predicted molar refractivity (Wildman–Crippen MR) is 65.4 cm³/mol. The molecule has 1 aromatic carbocycles. The summed E-state index contributed by atoms with van der Waals surface area (Å²) in [4.78, 5) is 12.0. The second-order valence-corrected chi connectivity index (χ2v) is 4.47. The molecule has 2 N–H and O–H groups in total. The van der Waals surface area contributed by atoms with Crippen LogP contribution in [0.4, 0.5) is 5.69 Å². The molecule has 88 valence electrons. The Hall–Kier alpha value is -1.76. The molecule has 0 saturated carbocycles. The smallest absolute Gasteiger partial charge is 0.172 e. The van der Waals surface area contributed by atoms with Crippen molar-refractivity contribution in [2.45, 2.75) is 6.42 Å². The number of Topliss-reactive ketones (excluding diaryl/α,β-unsaturated/α-hetero) is 1. The third-order valence-electron chi connectivity index (χ3n) is 2.34. The maximum absolute atomic E-state index is 12.0. The van der Waals surface area contributed by atoms with Crippen LogP contribution in [0.1, 0.15) is 16.2 Å². The Morgan fingerprint density at radius 1 is 1.53 bits per heavy atom. The van der Waals surface area contributed by atoms with Gasteiger partial charge < -0.3 is 5.73 Å². The Bertz CT molecular complexity index is 566. The molecule has 0 saturated heterocycles. The largest absolute Gasteiger partial charge is 0.398 e. The van der Waals surface area contributed by atoms with Crippen LogP contribution in [0.15, 0.2) is 22.7 Å². The van der Waals surface area contributed by atoms with E-state index in [1.165, 1.54) is 4.68 Å². The van der Waals surface area contributed by atoms with Crippen LogP contribution in [0.5, 0.6) is 0 Å². The van der Waals surface area contributed by atoms with Gasteiger partial charge in [-0.05, 0) is 28.6 Å². The molecule has 2 aromatic rings. The summed E-state index contributed by atoms with van der Waals surface area (Å²) in [6.07, 6.45) is 0.134. The molecule has 2 rings (SSSR count). The Morgan fingerprint density at radius 3 is 2.88 bits per heavy atom. The van der Waals surface area contributed by atoms with Crippen LogP contribution in [0.3, 0.4) is 0 Å². The first-order valence-corrected chi connectivity index (χ1v) is 5.66. The van der Waals surface area contributed by atoms with E-state index >= 15 is 0 Å². The summed E-state index contributed by atoms with van der Waals surface area (Å²) in [6, 6.07) is 5.16. The molecule has 1 aromatic heterocycles. The number of benzene rings is 1. The van der Waals surface area contributed by atoms with Crippen molar-refractivity contribution in [3.63, 3.8) is 0 Å². The van der Waals surface area contributed by atoms with Gasteiger partial charge in [0.05, 0.1) is 6.42 Å². The molecule has 0 unspecified atom stereocenters. The van der Waals surface area contributed by atoms with Crippen LogP contribution in [0.25, 0.3) is 0 Å². The van der Waals surface area contributed by atoms with E-state index in [4.69, 9.17) is 5.73 Å². The number of carbonyl (C=O) groups excluding carboxylic acids is 1. The molecule has 7 heteroatoms. The number of aromatic nitrogens is 4. The molecule has 0 aliphatic rings. The van der Waals surface area contributed by atoms with Crippen molar-refractivity contribution in [3.05, 3.63) is 34.1 Å². The summed E-state index contributed by atoms with van der Waals surface area (Å²) in [7, 11) is 1.69. The molecular weight excluding hydrogens is 286 g/mol. The van der Waals surface area contributed by atoms with Crippen molar-refractivity contribution >= 4 is 27.4 Å². The number of nitrogens with zero attached hydrogens (tertiary/aromatic N) is 4. The third-order valence-corrected chi connectivity index (χ3v) is 2.83. The quantitative estimate of drug-likeness (QED) is 0.674. The Morgan fingerprint density at radius 2 is 2.29 bits per heavy atom. The first kappa shape index (κ1) is 11.7. The zero-order valence-electron chi connectivity index (χ0n) is 9.09. The van der Waals surface area contributed by atoms with E-state index in [-0.39, 0.29) is 12.2 Å². The molecule has 0 aliphatic heterocycles. The molecule has 0 bridgehead atoms. The molecule has 0 radical (unpaired) electrons. The minimum atomic E-state index is -0.104. The lowest BCUT2D eigenvalue weighted by molar-refractivity contribution is 0.0990. The summed E-state index contributed by atoms with van der Waals surface area (Å²) in [5, 5.41) is 10.9. The Balaban J connectivity index is 2.23. The number of aryl methyl sites for hydroxylation is 1. The lowest BCUT2D eigenvalue weighted by Gasteiger charge is -2.04. The zero-order valence-corrected chi connectivity index (χ0v) is 10.7. The number of nitrogens with two attached hydrogens (primary N) is 1. The van der Waals surface area contributed by atoms with Crippen molar-refractivity contribution < 1.29 is 4.79 Å². The highest BCUT2D eigenvalue weighted by Gasteiger charge is 2.14. The van der Waals surface area contributed by atoms with E-state index in [1.54, 1.807) is 25.2 Å². The highest BCUT2D eigenvalue weighted by Crippen LogP contribution is 2.19. The molecule has 0 aliphatic carbocycles. The Kier molecular flexibility index (Phi) is 3.19. The van der Waals surface area contributed by atoms with Crippen LogP contribution in [0.2, 0.25) is 0 Å². The highest BCUT2D eigenvalue weighted by molar-refractivity contribution is 9.10. The summed E-state index contributed by atoms with van der Waals surface area (Å²) >= 11 is 3.29. The summed E-state index contributed by atoms with van der Waals surface area (Å²) in [5.41, 5.74) is 6.71. The lowest BCUT2D eigenvalue weighted by atomic mass is 10.1. The number of anilines is 1.